The maximum absolute atomic E-state index is 5.80. The van der Waals surface area contributed by atoms with Crippen LogP contribution < -0.4 is 11.1 Å². The number of aromatic nitrogens is 2. The van der Waals surface area contributed by atoms with Crippen LogP contribution in [0.2, 0.25) is 0 Å². The van der Waals surface area contributed by atoms with Gasteiger partial charge in [-0.3, -0.25) is 4.68 Å². The SMILES string of the molecule is CC(C)n1cc(C(CN)NCC2CC2)cn1. The molecule has 2 rings (SSSR count). The van der Waals surface area contributed by atoms with Crippen molar-refractivity contribution in [2.75, 3.05) is 13.1 Å². The van der Waals surface area contributed by atoms with Crippen LogP contribution in [0.5, 0.6) is 0 Å². The van der Waals surface area contributed by atoms with Crippen LogP contribution in [0.25, 0.3) is 0 Å². The molecule has 0 radical (unpaired) electrons. The number of nitrogens with zero attached hydrogens (tertiary/aromatic N) is 2. The van der Waals surface area contributed by atoms with Crippen LogP contribution in [0, 0.1) is 5.92 Å². The Hall–Kier alpha value is -0.870. The van der Waals surface area contributed by atoms with Gasteiger partial charge in [0.15, 0.2) is 0 Å². The van der Waals surface area contributed by atoms with Crippen LogP contribution >= 0.6 is 0 Å². The number of hydrogen-bond donors (Lipinski definition) is 2. The van der Waals surface area contributed by atoms with Gasteiger partial charge in [0, 0.05) is 30.4 Å². The Morgan fingerprint density at radius 2 is 2.31 bits per heavy atom. The molecule has 90 valence electrons. The van der Waals surface area contributed by atoms with E-state index in [1.807, 2.05) is 10.9 Å². The molecule has 1 aliphatic carbocycles. The van der Waals surface area contributed by atoms with Crippen molar-refractivity contribution in [2.45, 2.75) is 38.8 Å². The number of hydrogen-bond acceptors (Lipinski definition) is 3. The molecule has 0 spiro atoms. The molecule has 1 aromatic rings. The molecule has 1 aliphatic rings. The highest BCUT2D eigenvalue weighted by Gasteiger charge is 2.22. The lowest BCUT2D eigenvalue weighted by Crippen LogP contribution is -2.29. The number of nitrogens with one attached hydrogen (secondary N) is 1. The van der Waals surface area contributed by atoms with Crippen molar-refractivity contribution in [1.82, 2.24) is 15.1 Å². The van der Waals surface area contributed by atoms with Gasteiger partial charge in [0.25, 0.3) is 0 Å². The Labute approximate surface area is 97.2 Å². The van der Waals surface area contributed by atoms with Crippen LogP contribution in [0.1, 0.15) is 44.3 Å². The molecule has 16 heavy (non-hydrogen) atoms. The summed E-state index contributed by atoms with van der Waals surface area (Å²) in [6.45, 7) is 5.99. The largest absolute Gasteiger partial charge is 0.329 e. The molecule has 0 aliphatic heterocycles. The van der Waals surface area contributed by atoms with Gasteiger partial charge < -0.3 is 11.1 Å². The lowest BCUT2D eigenvalue weighted by Gasteiger charge is -2.14. The van der Waals surface area contributed by atoms with E-state index in [4.69, 9.17) is 5.73 Å². The summed E-state index contributed by atoms with van der Waals surface area (Å²) >= 11 is 0. The van der Waals surface area contributed by atoms with Gasteiger partial charge in [-0.25, -0.2) is 0 Å². The van der Waals surface area contributed by atoms with Crippen molar-refractivity contribution in [3.8, 4) is 0 Å². The van der Waals surface area contributed by atoms with Gasteiger partial charge in [-0.2, -0.15) is 5.10 Å². The quantitative estimate of drug-likeness (QED) is 0.766. The van der Waals surface area contributed by atoms with E-state index in [0.29, 0.717) is 12.6 Å². The standard InChI is InChI=1S/C12H22N4/c1-9(2)16-8-11(7-15-16)12(5-13)14-6-10-3-4-10/h7-10,12,14H,3-6,13H2,1-2H3. The monoisotopic (exact) mass is 222 g/mol. The Balaban J connectivity index is 1.94. The smallest absolute Gasteiger partial charge is 0.0538 e. The molecule has 4 heteroatoms. The molecule has 1 saturated carbocycles. The topological polar surface area (TPSA) is 55.9 Å². The van der Waals surface area contributed by atoms with Crippen molar-refractivity contribution in [2.24, 2.45) is 11.7 Å². The van der Waals surface area contributed by atoms with E-state index in [0.717, 1.165) is 12.5 Å². The van der Waals surface area contributed by atoms with E-state index >= 15 is 0 Å². The second-order valence-electron chi connectivity index (χ2n) is 4.99. The van der Waals surface area contributed by atoms with Gasteiger partial charge in [-0.1, -0.05) is 0 Å². The van der Waals surface area contributed by atoms with Gasteiger partial charge in [0.1, 0.15) is 0 Å². The van der Waals surface area contributed by atoms with Crippen LogP contribution in [-0.4, -0.2) is 22.9 Å². The first-order chi connectivity index (χ1) is 7.70. The highest BCUT2D eigenvalue weighted by Crippen LogP contribution is 2.28. The third-order valence-electron chi connectivity index (χ3n) is 3.14. The molecule has 0 aromatic carbocycles. The summed E-state index contributed by atoms with van der Waals surface area (Å²) in [6.07, 6.45) is 6.77. The molecular weight excluding hydrogens is 200 g/mol. The van der Waals surface area contributed by atoms with Crippen LogP contribution in [0.3, 0.4) is 0 Å². The van der Waals surface area contributed by atoms with Crippen molar-refractivity contribution in [3.05, 3.63) is 18.0 Å². The first kappa shape index (κ1) is 11.6. The fourth-order valence-corrected chi connectivity index (χ4v) is 1.78. The Morgan fingerprint density at radius 1 is 1.56 bits per heavy atom. The normalized spacial score (nSPS) is 18.0. The molecular formula is C12H22N4. The second-order valence-corrected chi connectivity index (χ2v) is 4.99. The van der Waals surface area contributed by atoms with E-state index in [-0.39, 0.29) is 6.04 Å². The molecule has 0 saturated heterocycles. The average molecular weight is 222 g/mol. The lowest BCUT2D eigenvalue weighted by molar-refractivity contribution is 0.514. The highest BCUT2D eigenvalue weighted by atomic mass is 15.3. The minimum absolute atomic E-state index is 0.257. The van der Waals surface area contributed by atoms with Crippen LogP contribution in [-0.2, 0) is 0 Å². The summed E-state index contributed by atoms with van der Waals surface area (Å²) in [4.78, 5) is 0. The van der Waals surface area contributed by atoms with Gasteiger partial charge >= 0.3 is 0 Å². The third-order valence-corrected chi connectivity index (χ3v) is 3.14. The van der Waals surface area contributed by atoms with E-state index < -0.39 is 0 Å². The molecule has 1 fully saturated rings. The lowest BCUT2D eigenvalue weighted by atomic mass is 10.1. The van der Waals surface area contributed by atoms with Gasteiger partial charge in [0.2, 0.25) is 0 Å². The fraction of sp³-hybridized carbons (Fsp3) is 0.750. The number of rotatable bonds is 6. The summed E-state index contributed by atoms with van der Waals surface area (Å²) in [5.41, 5.74) is 7.00. The summed E-state index contributed by atoms with van der Waals surface area (Å²) < 4.78 is 1.98. The van der Waals surface area contributed by atoms with Crippen molar-refractivity contribution >= 4 is 0 Å². The zero-order chi connectivity index (χ0) is 11.5. The Morgan fingerprint density at radius 3 is 2.81 bits per heavy atom. The Bertz CT molecular complexity index is 328. The Kier molecular flexibility index (Phi) is 3.61. The minimum Gasteiger partial charge on any atom is -0.329 e. The van der Waals surface area contributed by atoms with Crippen LogP contribution in [0.4, 0.5) is 0 Å². The predicted molar refractivity (Wildman–Crippen MR) is 65.1 cm³/mol. The summed E-state index contributed by atoms with van der Waals surface area (Å²) in [6, 6.07) is 0.670. The van der Waals surface area contributed by atoms with Gasteiger partial charge in [0.05, 0.1) is 6.20 Å². The molecule has 0 amide bonds. The molecule has 1 atom stereocenters. The highest BCUT2D eigenvalue weighted by molar-refractivity contribution is 5.11. The molecule has 1 aromatic heterocycles. The summed E-state index contributed by atoms with van der Waals surface area (Å²) in [7, 11) is 0. The summed E-state index contributed by atoms with van der Waals surface area (Å²) in [5.74, 6) is 0.884. The molecule has 1 heterocycles. The van der Waals surface area contributed by atoms with E-state index in [1.54, 1.807) is 0 Å². The summed E-state index contributed by atoms with van der Waals surface area (Å²) in [5, 5.41) is 7.87. The minimum atomic E-state index is 0.257. The first-order valence-electron chi connectivity index (χ1n) is 6.18. The molecule has 4 nitrogen and oxygen atoms in total. The maximum atomic E-state index is 5.80. The molecule has 0 bridgehead atoms. The van der Waals surface area contributed by atoms with E-state index in [1.165, 1.54) is 18.4 Å². The zero-order valence-electron chi connectivity index (χ0n) is 10.2. The van der Waals surface area contributed by atoms with Crippen molar-refractivity contribution < 1.29 is 0 Å². The first-order valence-corrected chi connectivity index (χ1v) is 6.18. The molecule has 1 unspecified atom stereocenters. The predicted octanol–water partition coefficient (Wildman–Crippen LogP) is 1.46. The van der Waals surface area contributed by atoms with Gasteiger partial charge in [-0.05, 0) is 39.2 Å². The molecule has 3 N–H and O–H groups in total. The van der Waals surface area contributed by atoms with Crippen molar-refractivity contribution in [1.29, 1.82) is 0 Å². The van der Waals surface area contributed by atoms with E-state index in [2.05, 4.69) is 30.5 Å². The zero-order valence-corrected chi connectivity index (χ0v) is 10.2. The third kappa shape index (κ3) is 2.83. The van der Waals surface area contributed by atoms with Gasteiger partial charge in [-0.15, -0.1) is 0 Å². The average Bonchev–Trinajstić information content (AvgIpc) is 2.94. The van der Waals surface area contributed by atoms with E-state index in [9.17, 15) is 0 Å². The van der Waals surface area contributed by atoms with Crippen LogP contribution in [0.15, 0.2) is 12.4 Å². The number of nitrogens with two attached hydrogens (primary N) is 1. The fourth-order valence-electron chi connectivity index (χ4n) is 1.78. The maximum Gasteiger partial charge on any atom is 0.0538 e. The second kappa shape index (κ2) is 4.97. The van der Waals surface area contributed by atoms with Crippen molar-refractivity contribution in [3.63, 3.8) is 0 Å².